The van der Waals surface area contributed by atoms with Gasteiger partial charge in [-0.2, -0.15) is 0 Å². The Balaban J connectivity index is 1.97. The first kappa shape index (κ1) is 17.6. The van der Waals surface area contributed by atoms with E-state index in [2.05, 4.69) is 6.58 Å². The summed E-state index contributed by atoms with van der Waals surface area (Å²) in [5.41, 5.74) is 11.3. The van der Waals surface area contributed by atoms with Crippen molar-refractivity contribution in [3.05, 3.63) is 91.0 Å². The molecule has 0 spiro atoms. The minimum atomic E-state index is 0.603. The minimum Gasteiger partial charge on any atom is -0.399 e. The molecule has 1 heterocycles. The third-order valence-electron chi connectivity index (χ3n) is 4.44. The lowest BCUT2D eigenvalue weighted by atomic mass is 10.0. The van der Waals surface area contributed by atoms with Crippen molar-refractivity contribution in [2.75, 3.05) is 5.73 Å². The van der Waals surface area contributed by atoms with Crippen LogP contribution in [0.4, 0.5) is 5.69 Å². The molecule has 0 bridgehead atoms. The molecule has 1 aromatic heterocycles. The van der Waals surface area contributed by atoms with Crippen molar-refractivity contribution >= 4 is 11.3 Å². The van der Waals surface area contributed by atoms with Gasteiger partial charge in [-0.1, -0.05) is 72.8 Å². The van der Waals surface area contributed by atoms with Crippen molar-refractivity contribution in [1.82, 2.24) is 15.0 Å². The summed E-state index contributed by atoms with van der Waals surface area (Å²) in [5, 5.41) is 0. The molecule has 2 N–H and O–H groups in total. The van der Waals surface area contributed by atoms with Crippen molar-refractivity contribution in [2.24, 2.45) is 0 Å². The van der Waals surface area contributed by atoms with Crippen molar-refractivity contribution < 1.29 is 0 Å². The molecule has 4 aromatic rings. The molecule has 4 nitrogen and oxygen atoms in total. The number of benzene rings is 3. The fourth-order valence-corrected chi connectivity index (χ4v) is 3.04. The maximum atomic E-state index is 5.99. The monoisotopic (exact) mass is 364 g/mol. The van der Waals surface area contributed by atoms with Gasteiger partial charge in [-0.25, -0.2) is 15.0 Å². The van der Waals surface area contributed by atoms with Crippen LogP contribution in [-0.2, 0) is 0 Å². The van der Waals surface area contributed by atoms with Crippen LogP contribution in [0.2, 0.25) is 0 Å². The molecule has 0 amide bonds. The Morgan fingerprint density at radius 3 is 1.71 bits per heavy atom. The number of hydrogen-bond donors (Lipinski definition) is 1. The van der Waals surface area contributed by atoms with Crippen LogP contribution in [0.1, 0.15) is 12.5 Å². The molecule has 3 aromatic carbocycles. The van der Waals surface area contributed by atoms with Crippen LogP contribution >= 0.6 is 0 Å². The number of nitrogens with zero attached hydrogens (tertiary/aromatic N) is 3. The third-order valence-corrected chi connectivity index (χ3v) is 4.44. The van der Waals surface area contributed by atoms with E-state index in [1.165, 1.54) is 0 Å². The highest BCUT2D eigenvalue weighted by atomic mass is 15.0. The van der Waals surface area contributed by atoms with Gasteiger partial charge in [-0.15, -0.1) is 0 Å². The van der Waals surface area contributed by atoms with E-state index in [0.717, 1.165) is 27.8 Å². The summed E-state index contributed by atoms with van der Waals surface area (Å²) in [6.45, 7) is 6.04. The minimum absolute atomic E-state index is 0.603. The molecular formula is C24H20N4. The first-order chi connectivity index (χ1) is 13.6. The topological polar surface area (TPSA) is 64.7 Å². The highest BCUT2D eigenvalue weighted by Crippen LogP contribution is 2.30. The molecule has 0 radical (unpaired) electrons. The van der Waals surface area contributed by atoms with Gasteiger partial charge >= 0.3 is 0 Å². The maximum absolute atomic E-state index is 5.99. The summed E-state index contributed by atoms with van der Waals surface area (Å²) in [7, 11) is 0. The van der Waals surface area contributed by atoms with Crippen molar-refractivity contribution in [3.63, 3.8) is 0 Å². The molecule has 0 saturated heterocycles. The Labute approximate surface area is 164 Å². The van der Waals surface area contributed by atoms with E-state index >= 15 is 0 Å². The number of nitrogens with two attached hydrogens (primary N) is 1. The molecule has 4 rings (SSSR count). The summed E-state index contributed by atoms with van der Waals surface area (Å²) in [6, 6.07) is 25.5. The predicted molar refractivity (Wildman–Crippen MR) is 115 cm³/mol. The number of nitrogen functional groups attached to an aromatic ring is 1. The fraction of sp³-hybridized carbons (Fsp3) is 0.0417. The van der Waals surface area contributed by atoms with Gasteiger partial charge in [0, 0.05) is 22.4 Å². The first-order valence-electron chi connectivity index (χ1n) is 9.04. The van der Waals surface area contributed by atoms with Gasteiger partial charge in [0.2, 0.25) is 0 Å². The molecule has 136 valence electrons. The molecular weight excluding hydrogens is 344 g/mol. The molecule has 0 aliphatic carbocycles. The molecule has 4 heteroatoms. The number of rotatable bonds is 4. The smallest absolute Gasteiger partial charge is 0.164 e. The summed E-state index contributed by atoms with van der Waals surface area (Å²) < 4.78 is 0. The van der Waals surface area contributed by atoms with Gasteiger partial charge in [0.25, 0.3) is 0 Å². The van der Waals surface area contributed by atoms with Crippen LogP contribution in [-0.4, -0.2) is 15.0 Å². The number of hydrogen-bond acceptors (Lipinski definition) is 4. The van der Waals surface area contributed by atoms with E-state index < -0.39 is 0 Å². The lowest BCUT2D eigenvalue weighted by molar-refractivity contribution is 1.07. The third kappa shape index (κ3) is 3.53. The predicted octanol–water partition coefficient (Wildman–Crippen LogP) is 5.49. The number of anilines is 1. The zero-order valence-corrected chi connectivity index (χ0v) is 15.6. The molecule has 0 fully saturated rings. The molecule has 0 saturated carbocycles. The normalized spacial score (nSPS) is 10.6. The first-order valence-corrected chi connectivity index (χ1v) is 9.04. The Bertz CT molecular complexity index is 1080. The van der Waals surface area contributed by atoms with Gasteiger partial charge in [0.1, 0.15) is 0 Å². The Morgan fingerprint density at radius 1 is 0.714 bits per heavy atom. The lowest BCUT2D eigenvalue weighted by Crippen LogP contribution is -2.02. The van der Waals surface area contributed by atoms with Crippen LogP contribution in [0.15, 0.2) is 85.4 Å². The number of allylic oxidation sites excluding steroid dienone is 1. The Hall–Kier alpha value is -3.79. The van der Waals surface area contributed by atoms with E-state index in [9.17, 15) is 0 Å². The zero-order valence-electron chi connectivity index (χ0n) is 15.6. The highest BCUT2D eigenvalue weighted by molar-refractivity contribution is 5.80. The fourth-order valence-electron chi connectivity index (χ4n) is 3.04. The quantitative estimate of drug-likeness (QED) is 0.486. The summed E-state index contributed by atoms with van der Waals surface area (Å²) in [5.74, 6) is 1.87. The molecule has 0 unspecified atom stereocenters. The standard InChI is InChI=1S/C24H20N4/c1-16(2)21-15-19(25)13-14-20(21)24-27-22(17-9-5-3-6-10-17)26-23(28-24)18-11-7-4-8-12-18/h3-15H,1,25H2,2H3. The average molecular weight is 364 g/mol. The van der Waals surface area contributed by atoms with Gasteiger partial charge in [-0.3, -0.25) is 0 Å². The van der Waals surface area contributed by atoms with E-state index in [-0.39, 0.29) is 0 Å². The van der Waals surface area contributed by atoms with Crippen molar-refractivity contribution in [3.8, 4) is 34.2 Å². The second kappa shape index (κ2) is 7.45. The summed E-state index contributed by atoms with van der Waals surface area (Å²) >= 11 is 0. The average Bonchev–Trinajstić information content (AvgIpc) is 2.74. The molecule has 0 aliphatic rings. The van der Waals surface area contributed by atoms with Crippen LogP contribution in [0.5, 0.6) is 0 Å². The van der Waals surface area contributed by atoms with Crippen molar-refractivity contribution in [2.45, 2.75) is 6.92 Å². The van der Waals surface area contributed by atoms with Crippen LogP contribution in [0.25, 0.3) is 39.7 Å². The van der Waals surface area contributed by atoms with Gasteiger partial charge in [0.05, 0.1) is 0 Å². The van der Waals surface area contributed by atoms with Gasteiger partial charge < -0.3 is 5.73 Å². The van der Waals surface area contributed by atoms with Crippen LogP contribution in [0.3, 0.4) is 0 Å². The van der Waals surface area contributed by atoms with Crippen LogP contribution in [0, 0.1) is 0 Å². The SMILES string of the molecule is C=C(C)c1cc(N)ccc1-c1nc(-c2ccccc2)nc(-c2ccccc2)n1. The summed E-state index contributed by atoms with van der Waals surface area (Å²) in [4.78, 5) is 14.3. The Morgan fingerprint density at radius 2 is 1.21 bits per heavy atom. The molecule has 0 aliphatic heterocycles. The molecule has 28 heavy (non-hydrogen) atoms. The molecule has 0 atom stereocenters. The van der Waals surface area contributed by atoms with E-state index in [1.54, 1.807) is 0 Å². The second-order valence-electron chi connectivity index (χ2n) is 6.62. The number of aromatic nitrogens is 3. The van der Waals surface area contributed by atoms with E-state index in [0.29, 0.717) is 23.2 Å². The lowest BCUT2D eigenvalue weighted by Gasteiger charge is -2.12. The maximum Gasteiger partial charge on any atom is 0.164 e. The van der Waals surface area contributed by atoms with Crippen molar-refractivity contribution in [1.29, 1.82) is 0 Å². The van der Waals surface area contributed by atoms with Gasteiger partial charge in [-0.05, 0) is 30.7 Å². The van der Waals surface area contributed by atoms with Crippen LogP contribution < -0.4 is 5.73 Å². The summed E-state index contributed by atoms with van der Waals surface area (Å²) in [6.07, 6.45) is 0. The largest absolute Gasteiger partial charge is 0.399 e. The second-order valence-corrected chi connectivity index (χ2v) is 6.62. The van der Waals surface area contributed by atoms with E-state index in [4.69, 9.17) is 20.7 Å². The van der Waals surface area contributed by atoms with E-state index in [1.807, 2.05) is 85.8 Å². The van der Waals surface area contributed by atoms with Gasteiger partial charge in [0.15, 0.2) is 17.5 Å². The highest BCUT2D eigenvalue weighted by Gasteiger charge is 2.15. The zero-order chi connectivity index (χ0) is 19.5. The Kier molecular flexibility index (Phi) is 4.68.